The lowest BCUT2D eigenvalue weighted by Crippen LogP contribution is -2.17. The molecule has 0 radical (unpaired) electrons. The molecule has 18 heavy (non-hydrogen) atoms. The smallest absolute Gasteiger partial charge is 0.282 e. The number of nitrogens with two attached hydrogens (primary N) is 1. The van der Waals surface area contributed by atoms with E-state index in [9.17, 15) is 13.2 Å². The van der Waals surface area contributed by atoms with Crippen LogP contribution in [0.5, 0.6) is 0 Å². The van der Waals surface area contributed by atoms with Crippen LogP contribution < -0.4 is 5.73 Å². The van der Waals surface area contributed by atoms with E-state index in [0.29, 0.717) is 0 Å². The molecule has 2 rings (SSSR count). The van der Waals surface area contributed by atoms with Crippen molar-refractivity contribution in [2.75, 3.05) is 0 Å². The van der Waals surface area contributed by atoms with Gasteiger partial charge in [0, 0.05) is 6.20 Å². The molecule has 2 N–H and O–H groups in total. The Morgan fingerprint density at radius 2 is 1.83 bits per heavy atom. The zero-order valence-corrected chi connectivity index (χ0v) is 10.4. The lowest BCUT2D eigenvalue weighted by atomic mass is 10.2. The van der Waals surface area contributed by atoms with Crippen LogP contribution in [-0.4, -0.2) is 23.5 Å². The van der Waals surface area contributed by atoms with Crippen molar-refractivity contribution in [1.82, 2.24) is 9.19 Å². The lowest BCUT2D eigenvalue weighted by Gasteiger charge is -2.04. The maximum Gasteiger partial charge on any atom is 0.282 e. The first-order chi connectivity index (χ1) is 8.41. The third-order valence-corrected chi connectivity index (χ3v) is 3.95. The maximum atomic E-state index is 12.1. The average Bonchev–Trinajstić information content (AvgIpc) is 2.79. The van der Waals surface area contributed by atoms with Crippen LogP contribution in [0.25, 0.3) is 0 Å². The van der Waals surface area contributed by atoms with Gasteiger partial charge in [-0.3, -0.25) is 4.79 Å². The molecule has 7 heteroatoms. The standard InChI is InChI=1S/C11H11N3O3S/c1-8-2-4-9(5-3-8)18(16,17)14-7-6-10(13-14)11(12)15/h2-7H,1H3,(H2,12,15). The summed E-state index contributed by atoms with van der Waals surface area (Å²) in [5, 5.41) is 3.63. The molecule has 0 bridgehead atoms. The predicted octanol–water partition coefficient (Wildman–Crippen LogP) is 0.527. The molecule has 94 valence electrons. The van der Waals surface area contributed by atoms with Crippen molar-refractivity contribution in [3.05, 3.63) is 47.8 Å². The normalized spacial score (nSPS) is 11.4. The number of hydrogen-bond donors (Lipinski definition) is 1. The van der Waals surface area contributed by atoms with E-state index in [2.05, 4.69) is 5.10 Å². The number of primary amides is 1. The van der Waals surface area contributed by atoms with Gasteiger partial charge in [0.15, 0.2) is 5.69 Å². The van der Waals surface area contributed by atoms with Gasteiger partial charge in [0.1, 0.15) is 0 Å². The molecule has 1 aromatic carbocycles. The average molecular weight is 265 g/mol. The Labute approximate surface area is 104 Å². The van der Waals surface area contributed by atoms with Gasteiger partial charge in [0.2, 0.25) is 0 Å². The highest BCUT2D eigenvalue weighted by molar-refractivity contribution is 7.89. The second kappa shape index (κ2) is 4.26. The van der Waals surface area contributed by atoms with Crippen molar-refractivity contribution < 1.29 is 13.2 Å². The highest BCUT2D eigenvalue weighted by Crippen LogP contribution is 2.13. The number of amides is 1. The summed E-state index contributed by atoms with van der Waals surface area (Å²) < 4.78 is 25.0. The van der Waals surface area contributed by atoms with Crippen LogP contribution in [0.4, 0.5) is 0 Å². The van der Waals surface area contributed by atoms with Crippen LogP contribution in [0.3, 0.4) is 0 Å². The molecular formula is C11H11N3O3S. The molecule has 1 aromatic heterocycles. The molecule has 0 spiro atoms. The monoisotopic (exact) mass is 265 g/mol. The molecule has 0 saturated heterocycles. The van der Waals surface area contributed by atoms with Crippen LogP contribution in [0, 0.1) is 6.92 Å². The highest BCUT2D eigenvalue weighted by Gasteiger charge is 2.18. The van der Waals surface area contributed by atoms with Crippen molar-refractivity contribution in [1.29, 1.82) is 0 Å². The summed E-state index contributed by atoms with van der Waals surface area (Å²) in [7, 11) is -3.77. The van der Waals surface area contributed by atoms with E-state index < -0.39 is 15.9 Å². The quantitative estimate of drug-likeness (QED) is 0.875. The Balaban J connectivity index is 2.47. The van der Waals surface area contributed by atoms with Crippen molar-refractivity contribution in [3.8, 4) is 0 Å². The minimum atomic E-state index is -3.77. The topological polar surface area (TPSA) is 95.0 Å². The molecule has 0 atom stereocenters. The molecule has 0 aliphatic carbocycles. The largest absolute Gasteiger partial charge is 0.364 e. The predicted molar refractivity (Wildman–Crippen MR) is 64.5 cm³/mol. The van der Waals surface area contributed by atoms with Gasteiger partial charge in [-0.25, -0.2) is 0 Å². The van der Waals surface area contributed by atoms with Gasteiger partial charge in [-0.15, -0.1) is 0 Å². The number of carbonyl (C=O) groups excluding carboxylic acids is 1. The molecule has 1 amide bonds. The van der Waals surface area contributed by atoms with Crippen LogP contribution >= 0.6 is 0 Å². The summed E-state index contributed by atoms with van der Waals surface area (Å²) in [6.07, 6.45) is 1.19. The summed E-state index contributed by atoms with van der Waals surface area (Å²) in [5.74, 6) is -0.771. The van der Waals surface area contributed by atoms with Crippen molar-refractivity contribution >= 4 is 15.9 Å². The fraction of sp³-hybridized carbons (Fsp3) is 0.0909. The Kier molecular flexibility index (Phi) is 2.92. The second-order valence-corrected chi connectivity index (χ2v) is 5.55. The fourth-order valence-electron chi connectivity index (χ4n) is 1.39. The van der Waals surface area contributed by atoms with Crippen LogP contribution in [0.15, 0.2) is 41.4 Å². The number of hydrogen-bond acceptors (Lipinski definition) is 4. The van der Waals surface area contributed by atoms with Crippen LogP contribution in [-0.2, 0) is 10.0 Å². The van der Waals surface area contributed by atoms with Crippen molar-refractivity contribution in [3.63, 3.8) is 0 Å². The van der Waals surface area contributed by atoms with E-state index in [1.165, 1.54) is 24.4 Å². The summed E-state index contributed by atoms with van der Waals surface area (Å²) >= 11 is 0. The summed E-state index contributed by atoms with van der Waals surface area (Å²) in [6, 6.07) is 7.59. The van der Waals surface area contributed by atoms with E-state index in [1.807, 2.05) is 6.92 Å². The molecule has 0 aliphatic rings. The number of aryl methyl sites for hydroxylation is 1. The third kappa shape index (κ3) is 2.12. The van der Waals surface area contributed by atoms with Gasteiger partial charge in [0.05, 0.1) is 4.90 Å². The van der Waals surface area contributed by atoms with Gasteiger partial charge in [0.25, 0.3) is 15.9 Å². The summed E-state index contributed by atoms with van der Waals surface area (Å²) in [4.78, 5) is 11.0. The first kappa shape index (κ1) is 12.3. The second-order valence-electron chi connectivity index (χ2n) is 3.76. The van der Waals surface area contributed by atoms with E-state index in [0.717, 1.165) is 9.65 Å². The Morgan fingerprint density at radius 3 is 2.33 bits per heavy atom. The molecule has 0 fully saturated rings. The van der Waals surface area contributed by atoms with Crippen molar-refractivity contribution in [2.45, 2.75) is 11.8 Å². The zero-order chi connectivity index (χ0) is 13.3. The van der Waals surface area contributed by atoms with E-state index in [1.54, 1.807) is 12.1 Å². The summed E-state index contributed by atoms with van der Waals surface area (Å²) in [5.41, 5.74) is 5.88. The van der Waals surface area contributed by atoms with E-state index in [4.69, 9.17) is 5.73 Å². The number of benzene rings is 1. The van der Waals surface area contributed by atoms with Gasteiger partial charge in [-0.05, 0) is 25.1 Å². The minimum absolute atomic E-state index is 0.0920. The van der Waals surface area contributed by atoms with Gasteiger partial charge < -0.3 is 5.73 Å². The first-order valence-corrected chi connectivity index (χ1v) is 6.53. The third-order valence-electron chi connectivity index (χ3n) is 2.38. The van der Waals surface area contributed by atoms with E-state index in [-0.39, 0.29) is 10.6 Å². The first-order valence-electron chi connectivity index (χ1n) is 5.09. The molecule has 0 aliphatic heterocycles. The van der Waals surface area contributed by atoms with Crippen LogP contribution in [0.1, 0.15) is 16.1 Å². The molecule has 2 aromatic rings. The van der Waals surface area contributed by atoms with Crippen LogP contribution in [0.2, 0.25) is 0 Å². The highest BCUT2D eigenvalue weighted by atomic mass is 32.2. The molecular weight excluding hydrogens is 254 g/mol. The zero-order valence-electron chi connectivity index (χ0n) is 9.57. The number of nitrogens with zero attached hydrogens (tertiary/aromatic N) is 2. The molecule has 6 nitrogen and oxygen atoms in total. The fourth-order valence-corrected chi connectivity index (χ4v) is 2.50. The number of aromatic nitrogens is 2. The summed E-state index contributed by atoms with van der Waals surface area (Å²) in [6.45, 7) is 1.86. The Bertz CT molecular complexity index is 687. The van der Waals surface area contributed by atoms with Crippen molar-refractivity contribution in [2.24, 2.45) is 5.73 Å². The number of rotatable bonds is 3. The van der Waals surface area contributed by atoms with Gasteiger partial charge >= 0.3 is 0 Å². The molecule has 0 saturated carbocycles. The lowest BCUT2D eigenvalue weighted by molar-refractivity contribution is 0.0995. The minimum Gasteiger partial charge on any atom is -0.364 e. The number of carbonyl (C=O) groups is 1. The van der Waals surface area contributed by atoms with Gasteiger partial charge in [-0.2, -0.15) is 17.6 Å². The molecule has 1 heterocycles. The maximum absolute atomic E-state index is 12.1. The SMILES string of the molecule is Cc1ccc(S(=O)(=O)n2ccc(C(N)=O)n2)cc1. The molecule has 0 unspecified atom stereocenters. The van der Waals surface area contributed by atoms with E-state index >= 15 is 0 Å². The van der Waals surface area contributed by atoms with Gasteiger partial charge in [-0.1, -0.05) is 17.7 Å². The Morgan fingerprint density at radius 1 is 1.22 bits per heavy atom. The Hall–Kier alpha value is -2.15.